The van der Waals surface area contributed by atoms with Crippen LogP contribution in [0, 0.1) is 23.1 Å². The number of pyridine rings is 1. The summed E-state index contributed by atoms with van der Waals surface area (Å²) in [5.74, 6) is -0.324. The van der Waals surface area contributed by atoms with Gasteiger partial charge in [0.05, 0.1) is 11.6 Å². The first-order valence-electron chi connectivity index (χ1n) is 7.81. The molecule has 2 atom stereocenters. The molecule has 1 aromatic heterocycles. The van der Waals surface area contributed by atoms with Gasteiger partial charge in [0, 0.05) is 6.54 Å². The van der Waals surface area contributed by atoms with E-state index in [2.05, 4.69) is 4.98 Å². The lowest BCUT2D eigenvalue weighted by atomic mass is 9.95. The number of rotatable bonds is 2. The highest BCUT2D eigenvalue weighted by molar-refractivity contribution is 5.57. The highest BCUT2D eigenvalue weighted by Gasteiger charge is 2.38. The molecule has 2 heterocycles. The molecule has 2 unspecified atom stereocenters. The zero-order valence-corrected chi connectivity index (χ0v) is 13.4. The fourth-order valence-electron chi connectivity index (χ4n) is 3.30. The summed E-state index contributed by atoms with van der Waals surface area (Å²) in [5, 5.41) is 9.28. The maximum absolute atomic E-state index is 13.6. The number of hydrogen-bond acceptors (Lipinski definition) is 3. The van der Waals surface area contributed by atoms with E-state index in [-0.39, 0.29) is 23.3 Å². The molecule has 3 nitrogen and oxygen atoms in total. The minimum atomic E-state index is -4.59. The lowest BCUT2D eigenvalue weighted by Gasteiger charge is -2.29. The van der Waals surface area contributed by atoms with Gasteiger partial charge < -0.3 is 4.90 Å². The minimum absolute atomic E-state index is 0.00376. The molecule has 3 rings (SSSR count). The third-order valence-electron chi connectivity index (χ3n) is 4.45. The lowest BCUT2D eigenvalue weighted by Crippen LogP contribution is -2.27. The highest BCUT2D eigenvalue weighted by atomic mass is 19.4. The summed E-state index contributed by atoms with van der Waals surface area (Å²) in [6.45, 7) is 2.40. The number of aromatic nitrogens is 1. The first-order chi connectivity index (χ1) is 11.8. The second-order valence-electron chi connectivity index (χ2n) is 6.14. The summed E-state index contributed by atoms with van der Waals surface area (Å²) in [5.41, 5.74) is -0.310. The van der Waals surface area contributed by atoms with Gasteiger partial charge in [-0.3, -0.25) is 0 Å². The molecule has 25 heavy (non-hydrogen) atoms. The molecule has 0 aliphatic carbocycles. The Bertz CT molecular complexity index is 826. The average molecular weight is 349 g/mol. The molecule has 7 heteroatoms. The Labute approximate surface area is 142 Å². The van der Waals surface area contributed by atoms with Crippen LogP contribution in [0.15, 0.2) is 36.4 Å². The van der Waals surface area contributed by atoms with Crippen LogP contribution in [0.1, 0.15) is 36.2 Å². The first-order valence-corrected chi connectivity index (χ1v) is 7.81. The molecule has 0 radical (unpaired) electrons. The maximum atomic E-state index is 13.6. The minimum Gasteiger partial charge on any atom is -0.348 e. The molecule has 2 aromatic rings. The highest BCUT2D eigenvalue weighted by Crippen LogP contribution is 2.41. The van der Waals surface area contributed by atoms with Crippen molar-refractivity contribution in [2.75, 3.05) is 11.4 Å². The summed E-state index contributed by atoms with van der Waals surface area (Å²) in [6.07, 6.45) is -3.88. The molecule has 0 bridgehead atoms. The number of halogens is 4. The van der Waals surface area contributed by atoms with E-state index in [0.717, 1.165) is 12.1 Å². The summed E-state index contributed by atoms with van der Waals surface area (Å²) in [4.78, 5) is 5.39. The summed E-state index contributed by atoms with van der Waals surface area (Å²) < 4.78 is 52.7. The Kier molecular flexibility index (Phi) is 4.38. The van der Waals surface area contributed by atoms with E-state index in [1.54, 1.807) is 17.0 Å². The van der Waals surface area contributed by atoms with Crippen LogP contribution in [0.2, 0.25) is 0 Å². The van der Waals surface area contributed by atoms with Crippen molar-refractivity contribution in [1.29, 1.82) is 5.26 Å². The van der Waals surface area contributed by atoms with E-state index in [1.165, 1.54) is 12.1 Å². The molecule has 1 aliphatic rings. The molecule has 130 valence electrons. The second kappa shape index (κ2) is 6.36. The van der Waals surface area contributed by atoms with E-state index in [0.29, 0.717) is 18.5 Å². The molecular weight excluding hydrogens is 334 g/mol. The van der Waals surface area contributed by atoms with Crippen LogP contribution >= 0.6 is 0 Å². The molecule has 0 amide bonds. The van der Waals surface area contributed by atoms with Gasteiger partial charge in [-0.1, -0.05) is 19.1 Å². The Balaban J connectivity index is 2.09. The van der Waals surface area contributed by atoms with Crippen LogP contribution in [-0.2, 0) is 6.18 Å². The van der Waals surface area contributed by atoms with Crippen LogP contribution < -0.4 is 4.90 Å². The molecule has 1 aliphatic heterocycles. The van der Waals surface area contributed by atoms with Gasteiger partial charge in [0.2, 0.25) is 0 Å². The molecule has 0 N–H and O–H groups in total. The number of hydrogen-bond donors (Lipinski definition) is 0. The number of anilines is 1. The Morgan fingerprint density at radius 3 is 2.64 bits per heavy atom. The smallest absolute Gasteiger partial charge is 0.348 e. The third kappa shape index (κ3) is 3.29. The molecule has 1 saturated heterocycles. The number of alkyl halides is 3. The SMILES string of the molecule is CC1CCN(c2nc(C(F)(F)F)ccc2C#N)C1c1cccc(F)c1. The van der Waals surface area contributed by atoms with Gasteiger partial charge in [-0.25, -0.2) is 9.37 Å². The zero-order chi connectivity index (χ0) is 18.2. The quantitative estimate of drug-likeness (QED) is 0.738. The molecule has 0 spiro atoms. The van der Waals surface area contributed by atoms with E-state index in [1.807, 2.05) is 13.0 Å². The maximum Gasteiger partial charge on any atom is 0.433 e. The number of nitrogens with zero attached hydrogens (tertiary/aromatic N) is 3. The average Bonchev–Trinajstić information content (AvgIpc) is 2.95. The predicted octanol–water partition coefficient (Wildman–Crippen LogP) is 4.70. The lowest BCUT2D eigenvalue weighted by molar-refractivity contribution is -0.141. The van der Waals surface area contributed by atoms with Crippen LogP contribution in [0.5, 0.6) is 0 Å². The van der Waals surface area contributed by atoms with E-state index >= 15 is 0 Å². The second-order valence-corrected chi connectivity index (χ2v) is 6.14. The van der Waals surface area contributed by atoms with Crippen molar-refractivity contribution in [3.63, 3.8) is 0 Å². The van der Waals surface area contributed by atoms with Gasteiger partial charge in [-0.2, -0.15) is 18.4 Å². The van der Waals surface area contributed by atoms with Crippen LogP contribution in [0.25, 0.3) is 0 Å². The van der Waals surface area contributed by atoms with E-state index in [9.17, 15) is 22.8 Å². The van der Waals surface area contributed by atoms with Crippen LogP contribution in [0.3, 0.4) is 0 Å². The topological polar surface area (TPSA) is 39.9 Å². The van der Waals surface area contributed by atoms with Crippen molar-refractivity contribution in [1.82, 2.24) is 4.98 Å². The Morgan fingerprint density at radius 1 is 1.24 bits per heavy atom. The largest absolute Gasteiger partial charge is 0.433 e. The Morgan fingerprint density at radius 2 is 2.00 bits per heavy atom. The monoisotopic (exact) mass is 349 g/mol. The van der Waals surface area contributed by atoms with Gasteiger partial charge >= 0.3 is 6.18 Å². The number of benzene rings is 1. The van der Waals surface area contributed by atoms with Gasteiger partial charge in [0.15, 0.2) is 0 Å². The normalized spacial score (nSPS) is 20.6. The first kappa shape index (κ1) is 17.2. The molecule has 0 saturated carbocycles. The summed E-state index contributed by atoms with van der Waals surface area (Å²) in [6, 6.07) is 9.51. The van der Waals surface area contributed by atoms with Crippen LogP contribution in [0.4, 0.5) is 23.4 Å². The van der Waals surface area contributed by atoms with Crippen LogP contribution in [-0.4, -0.2) is 11.5 Å². The van der Waals surface area contributed by atoms with Gasteiger partial charge in [0.1, 0.15) is 23.4 Å². The van der Waals surface area contributed by atoms with Crippen molar-refractivity contribution >= 4 is 5.82 Å². The standard InChI is InChI=1S/C18H15F4N3/c1-11-7-8-25(16(11)12-3-2-4-14(19)9-12)17-13(10-23)5-6-15(24-17)18(20,21)22/h2-6,9,11,16H,7-8H2,1H3. The molecule has 1 fully saturated rings. The van der Waals surface area contributed by atoms with E-state index < -0.39 is 17.7 Å². The summed E-state index contributed by atoms with van der Waals surface area (Å²) >= 11 is 0. The van der Waals surface area contributed by atoms with E-state index in [4.69, 9.17) is 0 Å². The Hall–Kier alpha value is -2.62. The van der Waals surface area contributed by atoms with Gasteiger partial charge in [0.25, 0.3) is 0 Å². The van der Waals surface area contributed by atoms with Crippen molar-refractivity contribution < 1.29 is 17.6 Å². The molecule has 1 aromatic carbocycles. The van der Waals surface area contributed by atoms with Crippen molar-refractivity contribution in [3.05, 3.63) is 59.0 Å². The van der Waals surface area contributed by atoms with Gasteiger partial charge in [-0.15, -0.1) is 0 Å². The van der Waals surface area contributed by atoms with Crippen molar-refractivity contribution in [2.45, 2.75) is 25.6 Å². The van der Waals surface area contributed by atoms with Crippen molar-refractivity contribution in [2.24, 2.45) is 5.92 Å². The fourth-order valence-corrected chi connectivity index (χ4v) is 3.30. The van der Waals surface area contributed by atoms with Gasteiger partial charge in [-0.05, 0) is 42.2 Å². The fraction of sp³-hybridized carbons (Fsp3) is 0.333. The predicted molar refractivity (Wildman–Crippen MR) is 84.2 cm³/mol. The third-order valence-corrected chi connectivity index (χ3v) is 4.45. The molecular formula is C18H15F4N3. The zero-order valence-electron chi connectivity index (χ0n) is 13.4. The summed E-state index contributed by atoms with van der Waals surface area (Å²) in [7, 11) is 0. The van der Waals surface area contributed by atoms with Crippen molar-refractivity contribution in [3.8, 4) is 6.07 Å². The number of nitriles is 1.